The number of benzene rings is 2. The normalized spacial score (nSPS) is 12.2. The van der Waals surface area contributed by atoms with Gasteiger partial charge in [0.25, 0.3) is 15.5 Å². The molecule has 7 heteroatoms. The molecule has 2 rings (SSSR count). The minimum atomic E-state index is -3.93. The molecule has 0 amide bonds. The molecule has 0 heterocycles. The van der Waals surface area contributed by atoms with Gasteiger partial charge in [0.2, 0.25) is 0 Å². The minimum Gasteiger partial charge on any atom is -0.291 e. The first-order valence-corrected chi connectivity index (χ1v) is 8.43. The van der Waals surface area contributed by atoms with Gasteiger partial charge in [0, 0.05) is 12.1 Å². The van der Waals surface area contributed by atoms with Gasteiger partial charge in [-0.2, -0.15) is 0 Å². The van der Waals surface area contributed by atoms with Crippen molar-refractivity contribution in [3.8, 4) is 0 Å². The molecule has 0 aromatic heterocycles. The average molecular weight is 342 g/mol. The third-order valence-electron chi connectivity index (χ3n) is 3.51. The molecule has 0 saturated heterocycles. The molecule has 2 aromatic rings. The van der Waals surface area contributed by atoms with E-state index in [0.717, 1.165) is 5.56 Å². The van der Waals surface area contributed by atoms with Crippen LogP contribution in [0.25, 0.3) is 10.4 Å². The zero-order valence-electron chi connectivity index (χ0n) is 12.8. The Morgan fingerprint density at radius 1 is 1.17 bits per heavy atom. The maximum Gasteiger partial charge on any atom is 0.350 e. The Balaban J connectivity index is 2.40. The van der Waals surface area contributed by atoms with Crippen molar-refractivity contribution in [2.45, 2.75) is 17.2 Å². The monoisotopic (exact) mass is 342 g/mol. The summed E-state index contributed by atoms with van der Waals surface area (Å²) >= 11 is 0. The fourth-order valence-corrected chi connectivity index (χ4v) is 3.55. The number of sulfone groups is 1. The second-order valence-electron chi connectivity index (χ2n) is 5.17. The smallest absolute Gasteiger partial charge is 0.291 e. The third kappa shape index (κ3) is 3.34. The molecule has 0 saturated carbocycles. The van der Waals surface area contributed by atoms with Crippen LogP contribution in [0.4, 0.5) is 5.69 Å². The van der Waals surface area contributed by atoms with Crippen LogP contribution in [0.2, 0.25) is 0 Å². The summed E-state index contributed by atoms with van der Waals surface area (Å²) in [6, 6.07) is 11.5. The number of non-ortho nitro benzene ring substituents is 1. The molecular weight excluding hydrogens is 328 g/mol. The van der Waals surface area contributed by atoms with Gasteiger partial charge >= 0.3 is 5.37 Å². The minimum absolute atomic E-state index is 0.0390. The van der Waals surface area contributed by atoms with Crippen molar-refractivity contribution in [3.63, 3.8) is 0 Å². The van der Waals surface area contributed by atoms with Gasteiger partial charge in [0.05, 0.1) is 15.4 Å². The van der Waals surface area contributed by atoms with Crippen molar-refractivity contribution < 1.29 is 13.3 Å². The van der Waals surface area contributed by atoms with E-state index >= 15 is 0 Å². The number of nitro groups is 1. The van der Waals surface area contributed by atoms with Gasteiger partial charge in [-0.05, 0) is 36.8 Å². The highest BCUT2D eigenvalue weighted by Gasteiger charge is 2.36. The first-order chi connectivity index (χ1) is 11.3. The lowest BCUT2D eigenvalue weighted by Gasteiger charge is -2.11. The number of aryl methyl sites for hydroxylation is 1. The van der Waals surface area contributed by atoms with E-state index in [4.69, 9.17) is 6.57 Å². The van der Waals surface area contributed by atoms with Crippen LogP contribution in [-0.2, 0) is 9.84 Å². The molecule has 1 atom stereocenters. The largest absolute Gasteiger partial charge is 0.350 e. The van der Waals surface area contributed by atoms with Crippen LogP contribution in [0.3, 0.4) is 0 Å². The molecule has 0 fully saturated rings. The first-order valence-electron chi connectivity index (χ1n) is 6.88. The van der Waals surface area contributed by atoms with Gasteiger partial charge in [0.1, 0.15) is 0 Å². The Morgan fingerprint density at radius 3 is 2.17 bits per heavy atom. The van der Waals surface area contributed by atoms with Gasteiger partial charge < -0.3 is 0 Å². The van der Waals surface area contributed by atoms with E-state index in [9.17, 15) is 18.5 Å². The first kappa shape index (κ1) is 17.4. The topological polar surface area (TPSA) is 81.6 Å². The predicted molar refractivity (Wildman–Crippen MR) is 90.9 cm³/mol. The molecule has 6 nitrogen and oxygen atoms in total. The zero-order valence-corrected chi connectivity index (χ0v) is 13.7. The summed E-state index contributed by atoms with van der Waals surface area (Å²) in [5, 5.41) is 9.20. The number of rotatable bonds is 5. The number of nitro benzene ring substituents is 1. The quantitative estimate of drug-likeness (QED) is 0.472. The van der Waals surface area contributed by atoms with E-state index in [0.29, 0.717) is 5.56 Å². The second kappa shape index (κ2) is 6.64. The molecule has 1 unspecified atom stereocenters. The highest BCUT2D eigenvalue weighted by Crippen LogP contribution is 2.29. The van der Waals surface area contributed by atoms with Crippen molar-refractivity contribution in [2.75, 3.05) is 0 Å². The summed E-state index contributed by atoms with van der Waals surface area (Å²) in [5.74, 6) is 0. The van der Waals surface area contributed by atoms with Gasteiger partial charge in [-0.3, -0.25) is 15.0 Å². The van der Waals surface area contributed by atoms with Crippen LogP contribution in [0.15, 0.2) is 60.0 Å². The molecule has 0 radical (unpaired) electrons. The predicted octanol–water partition coefficient (Wildman–Crippen LogP) is 3.64. The average Bonchev–Trinajstić information content (AvgIpc) is 2.55. The molecule has 0 aliphatic rings. The fraction of sp³-hybridized carbons (Fsp3) is 0.118. The lowest BCUT2D eigenvalue weighted by Crippen LogP contribution is -2.19. The van der Waals surface area contributed by atoms with E-state index in [1.165, 1.54) is 36.4 Å². The van der Waals surface area contributed by atoms with E-state index in [1.807, 2.05) is 6.92 Å². The van der Waals surface area contributed by atoms with Crippen LogP contribution in [0, 0.1) is 23.6 Å². The lowest BCUT2D eigenvalue weighted by atomic mass is 10.1. The van der Waals surface area contributed by atoms with E-state index in [1.54, 1.807) is 12.1 Å². The summed E-state index contributed by atoms with van der Waals surface area (Å²) < 4.78 is 25.4. The van der Waals surface area contributed by atoms with Crippen LogP contribution in [0.5, 0.6) is 0 Å². The van der Waals surface area contributed by atoms with Crippen molar-refractivity contribution in [1.82, 2.24) is 0 Å². The molecule has 2 aromatic carbocycles. The number of hydrogen-bond donors (Lipinski definition) is 0. The summed E-state index contributed by atoms with van der Waals surface area (Å²) in [5.41, 5.74) is 1.24. The van der Waals surface area contributed by atoms with Crippen LogP contribution in [0.1, 0.15) is 11.1 Å². The molecule has 24 heavy (non-hydrogen) atoms. The fourth-order valence-electron chi connectivity index (χ4n) is 2.13. The second-order valence-corrected chi connectivity index (χ2v) is 7.18. The van der Waals surface area contributed by atoms with Crippen molar-refractivity contribution in [1.29, 1.82) is 0 Å². The molecule has 0 aliphatic heterocycles. The van der Waals surface area contributed by atoms with Crippen molar-refractivity contribution >= 4 is 21.1 Å². The summed E-state index contributed by atoms with van der Waals surface area (Å²) in [7, 11) is -3.93. The van der Waals surface area contributed by atoms with E-state index < -0.39 is 20.1 Å². The Hall–Kier alpha value is -2.98. The molecule has 0 bridgehead atoms. The summed E-state index contributed by atoms with van der Waals surface area (Å²) in [6.07, 6.45) is 0. The highest BCUT2D eigenvalue weighted by molar-refractivity contribution is 7.92. The maximum atomic E-state index is 12.7. The van der Waals surface area contributed by atoms with Crippen LogP contribution in [-0.4, -0.2) is 18.7 Å². The summed E-state index contributed by atoms with van der Waals surface area (Å²) in [4.78, 5) is 13.4. The van der Waals surface area contributed by atoms with Gasteiger partial charge in [-0.25, -0.2) is 15.0 Å². The van der Waals surface area contributed by atoms with Crippen LogP contribution < -0.4 is 0 Å². The van der Waals surface area contributed by atoms with Crippen LogP contribution >= 0.6 is 0 Å². The van der Waals surface area contributed by atoms with E-state index in [2.05, 4.69) is 11.4 Å². The summed E-state index contributed by atoms with van der Waals surface area (Å²) in [6.45, 7) is 12.8. The molecule has 0 spiro atoms. The third-order valence-corrected chi connectivity index (χ3v) is 5.41. The Morgan fingerprint density at radius 2 is 1.71 bits per heavy atom. The molecule has 0 aliphatic carbocycles. The molecule has 0 N–H and O–H groups in total. The standard InChI is InChI=1S/C17H14N2O4S/c1-12-4-10-16(11-5-12)24(22,23)17(18-3)13(2)14-6-8-15(9-7-14)19(20)21/h4-11,17H,2H2,1H3. The number of hydrogen-bond acceptors (Lipinski definition) is 4. The van der Waals surface area contributed by atoms with Crippen molar-refractivity contribution in [2.24, 2.45) is 0 Å². The molecular formula is C17H14N2O4S. The van der Waals surface area contributed by atoms with Crippen molar-refractivity contribution in [3.05, 3.63) is 87.8 Å². The van der Waals surface area contributed by atoms with Gasteiger partial charge in [-0.1, -0.05) is 24.3 Å². The maximum absolute atomic E-state index is 12.7. The Bertz CT molecular complexity index is 924. The van der Waals surface area contributed by atoms with E-state index in [-0.39, 0.29) is 16.2 Å². The number of nitrogens with zero attached hydrogens (tertiary/aromatic N) is 2. The Labute approximate surface area is 140 Å². The Kier molecular flexibility index (Phi) is 4.81. The molecule has 122 valence electrons. The lowest BCUT2D eigenvalue weighted by molar-refractivity contribution is -0.384. The SMILES string of the molecule is [C-]#[N+]C(C(=C)c1ccc([N+](=O)[O-])cc1)S(=O)(=O)c1ccc(C)cc1. The zero-order chi connectivity index (χ0) is 17.9. The van der Waals surface area contributed by atoms with Gasteiger partial charge in [-0.15, -0.1) is 0 Å². The van der Waals surface area contributed by atoms with Gasteiger partial charge in [0.15, 0.2) is 0 Å². The highest BCUT2D eigenvalue weighted by atomic mass is 32.2.